The van der Waals surface area contributed by atoms with Gasteiger partial charge in [0.15, 0.2) is 0 Å². The number of amides is 2. The van der Waals surface area contributed by atoms with Gasteiger partial charge in [0.05, 0.1) is 0 Å². The van der Waals surface area contributed by atoms with Gasteiger partial charge in [-0.25, -0.2) is 9.59 Å². The summed E-state index contributed by atoms with van der Waals surface area (Å²) < 4.78 is 10.8. The van der Waals surface area contributed by atoms with Crippen LogP contribution in [0, 0.1) is 0 Å². The molecule has 2 amide bonds. The summed E-state index contributed by atoms with van der Waals surface area (Å²) in [4.78, 5) is 35.8. The van der Waals surface area contributed by atoms with Gasteiger partial charge in [-0.05, 0) is 53.4 Å². The molecule has 2 N–H and O–H groups in total. The number of hydrogen-bond donors (Lipinski definition) is 2. The maximum absolute atomic E-state index is 12.4. The molecule has 2 atom stereocenters. The number of carbonyl (C=O) groups excluding carboxylic acids is 3. The van der Waals surface area contributed by atoms with Gasteiger partial charge in [-0.1, -0.05) is 45.4 Å². The van der Waals surface area contributed by atoms with E-state index in [1.807, 2.05) is 0 Å². The molecule has 0 radical (unpaired) electrons. The van der Waals surface area contributed by atoms with Crippen LogP contribution >= 0.6 is 0 Å². The van der Waals surface area contributed by atoms with Crippen molar-refractivity contribution in [1.82, 2.24) is 10.6 Å². The molecular weight excluding hydrogens is 384 g/mol. The van der Waals surface area contributed by atoms with Crippen LogP contribution in [0.2, 0.25) is 0 Å². The zero-order chi connectivity index (χ0) is 23.0. The van der Waals surface area contributed by atoms with Crippen molar-refractivity contribution >= 4 is 18.0 Å². The number of alkyl carbamates (subject to hydrolysis) is 1. The van der Waals surface area contributed by atoms with Gasteiger partial charge >= 0.3 is 12.1 Å². The van der Waals surface area contributed by atoms with Crippen molar-refractivity contribution in [3.05, 3.63) is 0 Å². The highest BCUT2D eigenvalue weighted by molar-refractivity contribution is 5.81. The molecule has 30 heavy (non-hydrogen) atoms. The minimum atomic E-state index is -0.796. The molecule has 0 aromatic heterocycles. The molecule has 0 aliphatic rings. The molecule has 0 bridgehead atoms. The Bertz CT molecular complexity index is 502. The monoisotopic (exact) mass is 428 g/mol. The van der Waals surface area contributed by atoms with Crippen LogP contribution in [0.1, 0.15) is 105 Å². The van der Waals surface area contributed by atoms with Gasteiger partial charge in [-0.2, -0.15) is 0 Å². The Morgan fingerprint density at radius 2 is 1.47 bits per heavy atom. The Morgan fingerprint density at radius 3 is 2.03 bits per heavy atom. The number of carbonyl (C=O) groups is 3. The largest absolute Gasteiger partial charge is 0.461 e. The van der Waals surface area contributed by atoms with Crippen LogP contribution in [-0.2, 0) is 19.1 Å². The average Bonchev–Trinajstić information content (AvgIpc) is 2.65. The summed E-state index contributed by atoms with van der Waals surface area (Å²) in [5.41, 5.74) is -0.632. The highest BCUT2D eigenvalue weighted by Crippen LogP contribution is 2.16. The Kier molecular flexibility index (Phi) is 15.0. The van der Waals surface area contributed by atoms with E-state index in [2.05, 4.69) is 17.6 Å². The Labute approximate surface area is 183 Å². The highest BCUT2D eigenvalue weighted by atomic mass is 16.6. The van der Waals surface area contributed by atoms with E-state index >= 15 is 0 Å². The maximum atomic E-state index is 12.4. The van der Waals surface area contributed by atoms with Gasteiger partial charge in [0.25, 0.3) is 0 Å². The van der Waals surface area contributed by atoms with E-state index in [1.165, 1.54) is 32.1 Å². The molecule has 0 fully saturated rings. The number of hydrogen-bond acceptors (Lipinski definition) is 5. The number of nitrogens with one attached hydrogen (secondary N) is 2. The smallest absolute Gasteiger partial charge is 0.408 e. The summed E-state index contributed by atoms with van der Waals surface area (Å²) in [5.74, 6) is -0.496. The zero-order valence-corrected chi connectivity index (χ0v) is 20.0. The fraction of sp³-hybridized carbons (Fsp3) is 0.870. The molecule has 0 aliphatic heterocycles. The van der Waals surface area contributed by atoms with Crippen LogP contribution in [0.3, 0.4) is 0 Å². The van der Waals surface area contributed by atoms with Gasteiger partial charge in [0.2, 0.25) is 5.91 Å². The number of esters is 1. The predicted octanol–water partition coefficient (Wildman–Crippen LogP) is 4.87. The van der Waals surface area contributed by atoms with Crippen molar-refractivity contribution in [2.45, 2.75) is 123 Å². The second-order valence-electron chi connectivity index (χ2n) is 8.90. The van der Waals surface area contributed by atoms with E-state index in [4.69, 9.17) is 9.47 Å². The van der Waals surface area contributed by atoms with E-state index in [1.54, 1.807) is 34.7 Å². The highest BCUT2D eigenvalue weighted by Gasteiger charge is 2.24. The number of unbranched alkanes of at least 4 members (excludes halogenated alkanes) is 6. The molecule has 0 aromatic carbocycles. The van der Waals surface area contributed by atoms with Crippen LogP contribution in [0.15, 0.2) is 0 Å². The minimum absolute atomic E-state index is 0.0176. The summed E-state index contributed by atoms with van der Waals surface area (Å²) in [7, 11) is 1.61. The molecule has 176 valence electrons. The molecule has 0 aromatic rings. The van der Waals surface area contributed by atoms with Gasteiger partial charge < -0.3 is 20.1 Å². The summed E-state index contributed by atoms with van der Waals surface area (Å²) in [6.45, 7) is 9.08. The Morgan fingerprint density at radius 1 is 0.900 bits per heavy atom. The molecule has 0 rings (SSSR count). The first-order chi connectivity index (χ1) is 14.1. The van der Waals surface area contributed by atoms with Gasteiger partial charge in [-0.15, -0.1) is 0 Å². The average molecular weight is 429 g/mol. The number of rotatable bonds is 15. The summed E-state index contributed by atoms with van der Waals surface area (Å²) in [5, 5.41) is 5.13. The Balaban J connectivity index is 4.51. The number of ether oxygens (including phenoxy) is 2. The van der Waals surface area contributed by atoms with Crippen LogP contribution in [0.25, 0.3) is 0 Å². The van der Waals surface area contributed by atoms with Crippen LogP contribution in [0.5, 0.6) is 0 Å². The molecule has 7 nitrogen and oxygen atoms in total. The lowest BCUT2D eigenvalue weighted by Gasteiger charge is -2.23. The first kappa shape index (κ1) is 28.2. The first-order valence-electron chi connectivity index (χ1n) is 11.5. The second-order valence-corrected chi connectivity index (χ2v) is 8.90. The first-order valence-corrected chi connectivity index (χ1v) is 11.5. The minimum Gasteiger partial charge on any atom is -0.461 e. The van der Waals surface area contributed by atoms with Crippen molar-refractivity contribution in [3.8, 4) is 0 Å². The molecule has 0 heterocycles. The standard InChI is InChI=1S/C23H44N2O5/c1-7-8-9-10-11-12-13-15-19(16-14-17-20(26)24-6)29-21(27)18(2)25-22(28)30-23(3,4)5/h18-19H,7-17H2,1-6H3,(H,24,26)(H,25,28)/t18?,19-/m0/s1. The molecule has 0 aliphatic carbocycles. The van der Waals surface area contributed by atoms with E-state index in [0.29, 0.717) is 19.3 Å². The van der Waals surface area contributed by atoms with Gasteiger partial charge in [0, 0.05) is 13.5 Å². The van der Waals surface area contributed by atoms with Crippen molar-refractivity contribution in [1.29, 1.82) is 0 Å². The third-order valence-corrected chi connectivity index (χ3v) is 4.71. The topological polar surface area (TPSA) is 93.7 Å². The molecule has 1 unspecified atom stereocenters. The fourth-order valence-electron chi connectivity index (χ4n) is 3.02. The lowest BCUT2D eigenvalue weighted by atomic mass is 10.0. The van der Waals surface area contributed by atoms with E-state index in [0.717, 1.165) is 19.3 Å². The Hall–Kier alpha value is -1.79. The third kappa shape index (κ3) is 16.1. The quantitative estimate of drug-likeness (QED) is 0.287. The molecule has 7 heteroatoms. The zero-order valence-electron chi connectivity index (χ0n) is 20.0. The molecular formula is C23H44N2O5. The summed E-state index contributed by atoms with van der Waals surface area (Å²) in [6, 6.07) is -0.796. The summed E-state index contributed by atoms with van der Waals surface area (Å²) in [6.07, 6.45) is 9.89. The normalized spacial score (nSPS) is 13.3. The van der Waals surface area contributed by atoms with Crippen molar-refractivity contribution < 1.29 is 23.9 Å². The van der Waals surface area contributed by atoms with Gasteiger partial charge in [0.1, 0.15) is 17.7 Å². The van der Waals surface area contributed by atoms with Crippen LogP contribution < -0.4 is 10.6 Å². The van der Waals surface area contributed by atoms with Crippen molar-refractivity contribution in [3.63, 3.8) is 0 Å². The maximum Gasteiger partial charge on any atom is 0.408 e. The molecule has 0 saturated carbocycles. The lowest BCUT2D eigenvalue weighted by molar-refractivity contribution is -0.152. The van der Waals surface area contributed by atoms with Crippen molar-refractivity contribution in [2.24, 2.45) is 0 Å². The molecule has 0 spiro atoms. The molecule has 0 saturated heterocycles. The van der Waals surface area contributed by atoms with Crippen LogP contribution in [-0.4, -0.2) is 42.8 Å². The van der Waals surface area contributed by atoms with E-state index in [9.17, 15) is 14.4 Å². The van der Waals surface area contributed by atoms with Gasteiger partial charge in [-0.3, -0.25) is 4.79 Å². The van der Waals surface area contributed by atoms with Crippen molar-refractivity contribution in [2.75, 3.05) is 7.05 Å². The predicted molar refractivity (Wildman–Crippen MR) is 119 cm³/mol. The lowest BCUT2D eigenvalue weighted by Crippen LogP contribution is -2.43. The fourth-order valence-corrected chi connectivity index (χ4v) is 3.02. The second kappa shape index (κ2) is 16.0. The third-order valence-electron chi connectivity index (χ3n) is 4.71. The van der Waals surface area contributed by atoms with E-state index < -0.39 is 23.7 Å². The summed E-state index contributed by atoms with van der Waals surface area (Å²) >= 11 is 0. The SMILES string of the molecule is CCCCCCCCC[C@@H](CCCC(=O)NC)OC(=O)C(C)NC(=O)OC(C)(C)C. The van der Waals surface area contributed by atoms with Crippen LogP contribution in [0.4, 0.5) is 4.79 Å². The van der Waals surface area contributed by atoms with E-state index in [-0.39, 0.29) is 12.0 Å².